The summed E-state index contributed by atoms with van der Waals surface area (Å²) in [7, 11) is 0. The zero-order valence-electron chi connectivity index (χ0n) is 7.18. The number of carboxylic acids is 1. The summed E-state index contributed by atoms with van der Waals surface area (Å²) in [4.78, 5) is 13.3. The minimum absolute atomic E-state index is 0.320. The van der Waals surface area contributed by atoms with Crippen molar-refractivity contribution in [3.63, 3.8) is 0 Å². The number of carboxylic acid groups (broad SMARTS) is 1. The lowest BCUT2D eigenvalue weighted by Gasteiger charge is -2.09. The van der Waals surface area contributed by atoms with Crippen LogP contribution < -0.4 is 0 Å². The lowest BCUT2D eigenvalue weighted by Crippen LogP contribution is -2.12. The molecule has 1 aromatic heterocycles. The van der Waals surface area contributed by atoms with Crippen LogP contribution in [-0.2, 0) is 17.4 Å². The van der Waals surface area contributed by atoms with E-state index in [2.05, 4.69) is 4.98 Å². The van der Waals surface area contributed by atoms with Gasteiger partial charge in [-0.05, 0) is 0 Å². The van der Waals surface area contributed by atoms with Crippen LogP contribution in [0.2, 0.25) is 0 Å². The van der Waals surface area contributed by atoms with Crippen molar-refractivity contribution in [3.05, 3.63) is 29.3 Å². The fourth-order valence-corrected chi connectivity index (χ4v) is 0.972. The Morgan fingerprint density at radius 1 is 1.40 bits per heavy atom. The van der Waals surface area contributed by atoms with E-state index < -0.39 is 35.5 Å². The fourth-order valence-electron chi connectivity index (χ4n) is 0.972. The number of aliphatic carboxylic acids is 1. The van der Waals surface area contributed by atoms with E-state index in [0.29, 0.717) is 6.20 Å². The summed E-state index contributed by atoms with van der Waals surface area (Å²) in [6.07, 6.45) is -4.62. The first-order valence-corrected chi connectivity index (χ1v) is 3.73. The minimum atomic E-state index is -4.87. The molecule has 0 amide bonds. The van der Waals surface area contributed by atoms with Crippen LogP contribution in [0.25, 0.3) is 0 Å². The number of carbonyl (C=O) groups is 1. The molecule has 0 radical (unpaired) electrons. The first-order chi connectivity index (χ1) is 6.82. The van der Waals surface area contributed by atoms with E-state index in [1.165, 1.54) is 0 Å². The summed E-state index contributed by atoms with van der Waals surface area (Å²) in [5, 5.41) is 8.31. The summed E-state index contributed by atoms with van der Waals surface area (Å²) in [5.41, 5.74) is -2.14. The van der Waals surface area contributed by atoms with Gasteiger partial charge < -0.3 is 5.11 Å². The Hall–Kier alpha value is -1.66. The highest BCUT2D eigenvalue weighted by molar-refractivity contribution is 5.70. The summed E-state index contributed by atoms with van der Waals surface area (Å²) in [5.74, 6) is -3.00. The highest BCUT2D eigenvalue weighted by Crippen LogP contribution is 2.31. The Kier molecular flexibility index (Phi) is 2.92. The summed E-state index contributed by atoms with van der Waals surface area (Å²) in [6.45, 7) is 0. The lowest BCUT2D eigenvalue weighted by atomic mass is 10.1. The van der Waals surface area contributed by atoms with Crippen molar-refractivity contribution in [2.24, 2.45) is 0 Å². The second-order valence-electron chi connectivity index (χ2n) is 2.73. The topological polar surface area (TPSA) is 50.2 Å². The van der Waals surface area contributed by atoms with Crippen LogP contribution in [0.3, 0.4) is 0 Å². The first kappa shape index (κ1) is 11.4. The molecule has 1 heterocycles. The van der Waals surface area contributed by atoms with Crippen LogP contribution in [0.15, 0.2) is 12.4 Å². The second-order valence-corrected chi connectivity index (χ2v) is 2.73. The van der Waals surface area contributed by atoms with E-state index in [1.54, 1.807) is 0 Å². The molecule has 1 aromatic rings. The van der Waals surface area contributed by atoms with Gasteiger partial charge in [-0.2, -0.15) is 13.2 Å². The van der Waals surface area contributed by atoms with E-state index >= 15 is 0 Å². The van der Waals surface area contributed by atoms with Gasteiger partial charge in [0.2, 0.25) is 0 Å². The van der Waals surface area contributed by atoms with Crippen molar-refractivity contribution >= 4 is 5.97 Å². The van der Waals surface area contributed by atoms with Crippen molar-refractivity contribution in [1.29, 1.82) is 0 Å². The van der Waals surface area contributed by atoms with Crippen LogP contribution in [0.5, 0.6) is 0 Å². The van der Waals surface area contributed by atoms with Gasteiger partial charge in [-0.1, -0.05) is 0 Å². The number of pyridine rings is 1. The summed E-state index contributed by atoms with van der Waals surface area (Å²) >= 11 is 0. The monoisotopic (exact) mass is 223 g/mol. The molecule has 0 bridgehead atoms. The zero-order valence-corrected chi connectivity index (χ0v) is 7.18. The molecule has 0 aliphatic carbocycles. The Balaban J connectivity index is 3.17. The third kappa shape index (κ3) is 2.64. The van der Waals surface area contributed by atoms with Crippen molar-refractivity contribution in [3.8, 4) is 0 Å². The Morgan fingerprint density at radius 3 is 2.47 bits per heavy atom. The molecule has 7 heteroatoms. The predicted molar refractivity (Wildman–Crippen MR) is 40.5 cm³/mol. The standard InChI is InChI=1S/C8H5F4NO2/c9-7-4(1-6(14)15)2-13-3-5(7)8(10,11)12/h2-3H,1H2,(H,14,15). The largest absolute Gasteiger partial charge is 0.481 e. The predicted octanol–water partition coefficient (Wildman–Crippen LogP) is 1.87. The van der Waals surface area contributed by atoms with Gasteiger partial charge in [0.25, 0.3) is 0 Å². The molecule has 0 aliphatic heterocycles. The maximum atomic E-state index is 13.1. The van der Waals surface area contributed by atoms with Crippen LogP contribution in [-0.4, -0.2) is 16.1 Å². The number of rotatable bonds is 2. The quantitative estimate of drug-likeness (QED) is 0.778. The smallest absolute Gasteiger partial charge is 0.420 e. The Labute approximate surface area is 81.4 Å². The van der Waals surface area contributed by atoms with Crippen molar-refractivity contribution < 1.29 is 27.5 Å². The normalized spacial score (nSPS) is 11.5. The molecule has 82 valence electrons. The molecule has 1 rings (SSSR count). The molecule has 0 saturated carbocycles. The minimum Gasteiger partial charge on any atom is -0.481 e. The van der Waals surface area contributed by atoms with Gasteiger partial charge in [0.1, 0.15) is 11.4 Å². The average molecular weight is 223 g/mol. The molecule has 1 N–H and O–H groups in total. The van der Waals surface area contributed by atoms with Crippen LogP contribution in [0.1, 0.15) is 11.1 Å². The maximum Gasteiger partial charge on any atom is 0.420 e. The third-order valence-corrected chi connectivity index (χ3v) is 1.60. The van der Waals surface area contributed by atoms with Crippen LogP contribution >= 0.6 is 0 Å². The van der Waals surface area contributed by atoms with Crippen molar-refractivity contribution in [1.82, 2.24) is 4.98 Å². The van der Waals surface area contributed by atoms with Gasteiger partial charge in [0.05, 0.1) is 6.42 Å². The number of hydrogen-bond donors (Lipinski definition) is 1. The second kappa shape index (κ2) is 3.84. The molecular formula is C8H5F4NO2. The third-order valence-electron chi connectivity index (χ3n) is 1.60. The van der Waals surface area contributed by atoms with E-state index in [1.807, 2.05) is 0 Å². The number of aromatic nitrogens is 1. The van der Waals surface area contributed by atoms with Gasteiger partial charge in [0, 0.05) is 18.0 Å². The molecule has 0 atom stereocenters. The van der Waals surface area contributed by atoms with E-state index in [4.69, 9.17) is 5.11 Å². The molecule has 3 nitrogen and oxygen atoms in total. The van der Waals surface area contributed by atoms with Gasteiger partial charge >= 0.3 is 12.1 Å². The van der Waals surface area contributed by atoms with Crippen LogP contribution in [0.4, 0.5) is 17.6 Å². The fraction of sp³-hybridized carbons (Fsp3) is 0.250. The van der Waals surface area contributed by atoms with Gasteiger partial charge in [-0.3, -0.25) is 9.78 Å². The SMILES string of the molecule is O=C(O)Cc1cncc(C(F)(F)F)c1F. The number of nitrogens with zero attached hydrogens (tertiary/aromatic N) is 1. The molecule has 0 unspecified atom stereocenters. The lowest BCUT2D eigenvalue weighted by molar-refractivity contribution is -0.141. The maximum absolute atomic E-state index is 13.1. The average Bonchev–Trinajstić information content (AvgIpc) is 2.05. The Bertz CT molecular complexity index is 389. The van der Waals surface area contributed by atoms with Crippen molar-refractivity contribution in [2.75, 3.05) is 0 Å². The molecule has 0 saturated heterocycles. The first-order valence-electron chi connectivity index (χ1n) is 3.73. The zero-order chi connectivity index (χ0) is 11.6. The molecule has 15 heavy (non-hydrogen) atoms. The summed E-state index contributed by atoms with van der Waals surface area (Å²) in [6, 6.07) is 0. The van der Waals surface area contributed by atoms with E-state index in [0.717, 1.165) is 6.20 Å². The van der Waals surface area contributed by atoms with E-state index in [-0.39, 0.29) is 0 Å². The molecule has 0 spiro atoms. The number of halogens is 4. The molecule has 0 fully saturated rings. The van der Waals surface area contributed by atoms with Crippen molar-refractivity contribution in [2.45, 2.75) is 12.6 Å². The number of hydrogen-bond acceptors (Lipinski definition) is 2. The number of alkyl halides is 3. The van der Waals surface area contributed by atoms with Gasteiger partial charge in [-0.25, -0.2) is 4.39 Å². The summed E-state index contributed by atoms with van der Waals surface area (Å²) < 4.78 is 49.5. The molecule has 0 aromatic carbocycles. The molecular weight excluding hydrogens is 218 g/mol. The van der Waals surface area contributed by atoms with E-state index in [9.17, 15) is 22.4 Å². The van der Waals surface area contributed by atoms with Gasteiger partial charge in [0.15, 0.2) is 0 Å². The molecule has 0 aliphatic rings. The van der Waals surface area contributed by atoms with Gasteiger partial charge in [-0.15, -0.1) is 0 Å². The highest BCUT2D eigenvalue weighted by atomic mass is 19.4. The van der Waals surface area contributed by atoms with Crippen LogP contribution in [0, 0.1) is 5.82 Å². The Morgan fingerprint density at radius 2 is 2.00 bits per heavy atom. The highest BCUT2D eigenvalue weighted by Gasteiger charge is 2.35.